The second kappa shape index (κ2) is 6.97. The van der Waals surface area contributed by atoms with E-state index < -0.39 is 0 Å². The fraction of sp³-hybridized carbons (Fsp3) is 0.389. The Morgan fingerprint density at radius 1 is 1.04 bits per heavy atom. The topological polar surface area (TPSA) is 60.0 Å². The van der Waals surface area contributed by atoms with Crippen molar-refractivity contribution < 1.29 is 4.52 Å². The van der Waals surface area contributed by atoms with Crippen molar-refractivity contribution >= 4 is 0 Å². The molecule has 0 saturated carbocycles. The lowest BCUT2D eigenvalue weighted by molar-refractivity contribution is 0.301. The number of rotatable bonds is 6. The number of benzene rings is 1. The first kappa shape index (κ1) is 16.4. The Bertz CT molecular complexity index is 807. The largest absolute Gasteiger partial charge is 0.361 e. The van der Waals surface area contributed by atoms with Crippen molar-refractivity contribution in [1.29, 1.82) is 0 Å². The van der Waals surface area contributed by atoms with E-state index in [1.165, 1.54) is 22.3 Å². The molecule has 1 aromatic carbocycles. The van der Waals surface area contributed by atoms with Crippen LogP contribution in [-0.2, 0) is 19.6 Å². The minimum absolute atomic E-state index is 0.741. The highest BCUT2D eigenvalue weighted by molar-refractivity contribution is 5.37. The molecule has 0 radical (unpaired) electrons. The number of aromatic nitrogens is 4. The fourth-order valence-corrected chi connectivity index (χ4v) is 2.89. The zero-order valence-corrected chi connectivity index (χ0v) is 14.7. The van der Waals surface area contributed by atoms with E-state index in [-0.39, 0.29) is 0 Å². The van der Waals surface area contributed by atoms with Gasteiger partial charge in [0.05, 0.1) is 12.2 Å². The Kier molecular flexibility index (Phi) is 4.76. The number of hydrogen-bond acceptors (Lipinski definition) is 5. The smallest absolute Gasteiger partial charge is 0.137 e. The van der Waals surface area contributed by atoms with Gasteiger partial charge in [-0.3, -0.25) is 4.90 Å². The van der Waals surface area contributed by atoms with E-state index in [9.17, 15) is 0 Å². The molecule has 0 bridgehead atoms. The Labute approximate surface area is 142 Å². The zero-order chi connectivity index (χ0) is 17.1. The van der Waals surface area contributed by atoms with Gasteiger partial charge in [-0.2, -0.15) is 5.10 Å². The monoisotopic (exact) mass is 325 g/mol. The number of aryl methyl sites for hydroxylation is 3. The number of hydrogen-bond donors (Lipinski definition) is 0. The lowest BCUT2D eigenvalue weighted by Crippen LogP contribution is -2.18. The van der Waals surface area contributed by atoms with Gasteiger partial charge in [-0.05, 0) is 50.1 Å². The van der Waals surface area contributed by atoms with E-state index >= 15 is 0 Å². The summed E-state index contributed by atoms with van der Waals surface area (Å²) < 4.78 is 6.99. The molecule has 0 fully saturated rings. The van der Waals surface area contributed by atoms with Crippen LogP contribution in [0.2, 0.25) is 0 Å². The maximum absolute atomic E-state index is 5.14. The van der Waals surface area contributed by atoms with Gasteiger partial charge < -0.3 is 4.52 Å². The van der Waals surface area contributed by atoms with Crippen LogP contribution in [0.15, 0.2) is 35.4 Å². The van der Waals surface area contributed by atoms with Crippen molar-refractivity contribution in [1.82, 2.24) is 24.8 Å². The Morgan fingerprint density at radius 3 is 2.50 bits per heavy atom. The minimum atomic E-state index is 0.741. The van der Waals surface area contributed by atoms with Crippen LogP contribution in [-0.4, -0.2) is 31.9 Å². The highest BCUT2D eigenvalue weighted by atomic mass is 16.5. The van der Waals surface area contributed by atoms with Gasteiger partial charge in [0.1, 0.15) is 18.4 Å². The summed E-state index contributed by atoms with van der Waals surface area (Å²) in [5, 5.41) is 8.27. The van der Waals surface area contributed by atoms with Gasteiger partial charge in [-0.15, -0.1) is 0 Å². The summed E-state index contributed by atoms with van der Waals surface area (Å²) in [6, 6.07) is 6.50. The van der Waals surface area contributed by atoms with Gasteiger partial charge in [0.15, 0.2) is 0 Å². The van der Waals surface area contributed by atoms with Gasteiger partial charge in [0, 0.05) is 19.2 Å². The van der Waals surface area contributed by atoms with Crippen molar-refractivity contribution in [2.24, 2.45) is 0 Å². The molecule has 3 rings (SSSR count). The molecule has 2 heterocycles. The van der Waals surface area contributed by atoms with Crippen LogP contribution in [0, 0.1) is 20.8 Å². The quantitative estimate of drug-likeness (QED) is 0.697. The molecular weight excluding hydrogens is 302 g/mol. The first-order chi connectivity index (χ1) is 11.5. The van der Waals surface area contributed by atoms with Crippen molar-refractivity contribution in [3.8, 4) is 0 Å². The van der Waals surface area contributed by atoms with Gasteiger partial charge in [-0.25, -0.2) is 9.67 Å². The van der Waals surface area contributed by atoms with E-state index in [4.69, 9.17) is 4.52 Å². The van der Waals surface area contributed by atoms with Crippen LogP contribution in [0.5, 0.6) is 0 Å². The van der Waals surface area contributed by atoms with E-state index in [1.54, 1.807) is 12.7 Å². The van der Waals surface area contributed by atoms with Crippen molar-refractivity contribution in [2.75, 3.05) is 7.05 Å². The summed E-state index contributed by atoms with van der Waals surface area (Å²) in [6.07, 6.45) is 3.32. The molecular formula is C18H23N5O. The van der Waals surface area contributed by atoms with E-state index in [0.29, 0.717) is 0 Å². The normalized spacial score (nSPS) is 11.4. The lowest BCUT2D eigenvalue weighted by Gasteiger charge is -2.18. The molecule has 0 unspecified atom stereocenters. The Balaban J connectivity index is 1.74. The van der Waals surface area contributed by atoms with Crippen LogP contribution in [0.25, 0.3) is 0 Å². The molecule has 0 aliphatic heterocycles. The third kappa shape index (κ3) is 3.89. The molecule has 0 saturated heterocycles. The van der Waals surface area contributed by atoms with Crippen LogP contribution < -0.4 is 0 Å². The summed E-state index contributed by atoms with van der Waals surface area (Å²) in [5.41, 5.74) is 6.13. The average molecular weight is 325 g/mol. The summed E-state index contributed by atoms with van der Waals surface area (Å²) in [7, 11) is 2.10. The molecule has 0 aliphatic carbocycles. The number of nitrogens with zero attached hydrogens (tertiary/aromatic N) is 5. The van der Waals surface area contributed by atoms with E-state index in [1.807, 2.05) is 17.7 Å². The SMILES string of the molecule is Cc1cc(CN(C)Cc2cc(Cn3cncn3)c(C)cc2C)no1. The highest BCUT2D eigenvalue weighted by Gasteiger charge is 2.10. The average Bonchev–Trinajstić information content (AvgIpc) is 3.16. The molecule has 3 aromatic rings. The molecule has 6 nitrogen and oxygen atoms in total. The Morgan fingerprint density at radius 2 is 1.83 bits per heavy atom. The molecule has 6 heteroatoms. The molecule has 0 spiro atoms. The third-order valence-electron chi connectivity index (χ3n) is 4.14. The molecule has 0 amide bonds. The van der Waals surface area contributed by atoms with Gasteiger partial charge in [0.2, 0.25) is 0 Å². The van der Waals surface area contributed by atoms with E-state index in [0.717, 1.165) is 31.1 Å². The van der Waals surface area contributed by atoms with Crippen LogP contribution in [0.3, 0.4) is 0 Å². The molecule has 0 aliphatic rings. The molecule has 2 aromatic heterocycles. The molecule has 126 valence electrons. The summed E-state index contributed by atoms with van der Waals surface area (Å²) in [4.78, 5) is 6.26. The van der Waals surface area contributed by atoms with Gasteiger partial charge >= 0.3 is 0 Å². The molecule has 0 atom stereocenters. The first-order valence-electron chi connectivity index (χ1n) is 8.03. The van der Waals surface area contributed by atoms with Gasteiger partial charge in [-0.1, -0.05) is 17.3 Å². The lowest BCUT2D eigenvalue weighted by atomic mass is 9.99. The van der Waals surface area contributed by atoms with Crippen LogP contribution in [0.4, 0.5) is 0 Å². The second-order valence-electron chi connectivity index (χ2n) is 6.40. The third-order valence-corrected chi connectivity index (χ3v) is 4.14. The molecule has 24 heavy (non-hydrogen) atoms. The van der Waals surface area contributed by atoms with Crippen molar-refractivity contribution in [3.05, 3.63) is 64.6 Å². The predicted molar refractivity (Wildman–Crippen MR) is 91.5 cm³/mol. The minimum Gasteiger partial charge on any atom is -0.361 e. The second-order valence-corrected chi connectivity index (χ2v) is 6.40. The first-order valence-corrected chi connectivity index (χ1v) is 8.03. The molecule has 0 N–H and O–H groups in total. The maximum Gasteiger partial charge on any atom is 0.137 e. The fourth-order valence-electron chi connectivity index (χ4n) is 2.89. The zero-order valence-electron chi connectivity index (χ0n) is 14.7. The van der Waals surface area contributed by atoms with Crippen LogP contribution >= 0.6 is 0 Å². The van der Waals surface area contributed by atoms with Crippen LogP contribution in [0.1, 0.15) is 33.7 Å². The summed E-state index contributed by atoms with van der Waals surface area (Å²) >= 11 is 0. The highest BCUT2D eigenvalue weighted by Crippen LogP contribution is 2.19. The summed E-state index contributed by atoms with van der Waals surface area (Å²) in [6.45, 7) is 8.59. The Hall–Kier alpha value is -2.47. The van der Waals surface area contributed by atoms with Crippen molar-refractivity contribution in [2.45, 2.75) is 40.4 Å². The van der Waals surface area contributed by atoms with E-state index in [2.05, 4.69) is 53.2 Å². The predicted octanol–water partition coefficient (Wildman–Crippen LogP) is 2.87. The standard InChI is InChI=1S/C18H23N5O/c1-13-5-14(2)17(9-23-12-19-11-20-23)7-16(13)8-22(4)10-18-6-15(3)24-21-18/h5-7,11-12H,8-10H2,1-4H3. The maximum atomic E-state index is 5.14. The summed E-state index contributed by atoms with van der Waals surface area (Å²) in [5.74, 6) is 0.847. The van der Waals surface area contributed by atoms with Gasteiger partial charge in [0.25, 0.3) is 0 Å². The van der Waals surface area contributed by atoms with Crippen molar-refractivity contribution in [3.63, 3.8) is 0 Å².